The summed E-state index contributed by atoms with van der Waals surface area (Å²) < 4.78 is 10.9. The number of ether oxygens (including phenoxy) is 2. The molecule has 5 nitrogen and oxygen atoms in total. The van der Waals surface area contributed by atoms with Crippen LogP contribution in [0.3, 0.4) is 0 Å². The second-order valence-electron chi connectivity index (χ2n) is 5.94. The van der Waals surface area contributed by atoms with Gasteiger partial charge in [0.1, 0.15) is 12.4 Å². The van der Waals surface area contributed by atoms with Crippen LogP contribution in [-0.2, 0) is 16.0 Å². The molecule has 0 saturated carbocycles. The summed E-state index contributed by atoms with van der Waals surface area (Å²) in [5, 5.41) is 9.14. The second-order valence-corrected chi connectivity index (χ2v) is 5.94. The van der Waals surface area contributed by atoms with Crippen molar-refractivity contribution < 1.29 is 54.4 Å². The fraction of sp³-hybridized carbons (Fsp3) is 0.261. The molecular weight excluding hydrogens is 379 g/mol. The van der Waals surface area contributed by atoms with Crippen LogP contribution >= 0.6 is 0 Å². The molecule has 1 atom stereocenters. The Labute approximate surface area is 194 Å². The van der Waals surface area contributed by atoms with E-state index in [1.165, 1.54) is 0 Å². The molecule has 6 heteroatoms. The molecule has 0 saturated heterocycles. The predicted molar refractivity (Wildman–Crippen MR) is 108 cm³/mol. The van der Waals surface area contributed by atoms with Gasteiger partial charge in [-0.15, -0.1) is 0 Å². The van der Waals surface area contributed by atoms with Crippen molar-refractivity contribution >= 4 is 5.97 Å². The van der Waals surface area contributed by atoms with Crippen molar-refractivity contribution in [2.75, 3.05) is 13.2 Å². The average Bonchev–Trinajstić information content (AvgIpc) is 2.68. The van der Waals surface area contributed by atoms with E-state index in [0.29, 0.717) is 19.6 Å². The van der Waals surface area contributed by atoms with Crippen LogP contribution in [0.1, 0.15) is 25.0 Å². The van der Waals surface area contributed by atoms with Crippen LogP contribution in [0.2, 0.25) is 0 Å². The molecule has 0 bridgehead atoms. The molecule has 0 fully saturated rings. The normalized spacial score (nSPS) is 11.2. The van der Waals surface area contributed by atoms with Crippen LogP contribution in [0.4, 0.5) is 0 Å². The van der Waals surface area contributed by atoms with Crippen LogP contribution in [0.5, 0.6) is 5.75 Å². The largest absolute Gasteiger partial charge is 1.00 e. The quantitative estimate of drug-likeness (QED) is 0.523. The van der Waals surface area contributed by atoms with Gasteiger partial charge in [0.05, 0.1) is 0 Å². The minimum atomic E-state index is -0.950. The van der Waals surface area contributed by atoms with Gasteiger partial charge in [-0.1, -0.05) is 42.2 Å². The zero-order chi connectivity index (χ0) is 19.5. The maximum absolute atomic E-state index is 11.1. The maximum atomic E-state index is 11.1. The molecular formula is C23H25NaO5. The van der Waals surface area contributed by atoms with Gasteiger partial charge in [-0.25, -0.2) is 4.79 Å². The maximum Gasteiger partial charge on any atom is 1.00 e. The van der Waals surface area contributed by atoms with Crippen molar-refractivity contribution in [3.8, 4) is 17.6 Å². The fourth-order valence-electron chi connectivity index (χ4n) is 2.36. The van der Waals surface area contributed by atoms with Crippen molar-refractivity contribution in [2.24, 2.45) is 0 Å². The topological polar surface area (TPSA) is 85.8 Å². The summed E-state index contributed by atoms with van der Waals surface area (Å²) >= 11 is 0. The Morgan fingerprint density at radius 2 is 1.79 bits per heavy atom. The average molecular weight is 404 g/mol. The Bertz CT molecular complexity index is 820. The van der Waals surface area contributed by atoms with E-state index in [1.807, 2.05) is 67.6 Å². The van der Waals surface area contributed by atoms with Crippen molar-refractivity contribution in [1.29, 1.82) is 0 Å². The minimum absolute atomic E-state index is 0. The standard InChI is InChI=1S/C23H24O4.Na.H2O/c1-3-26-22(23(24)25)17-20-11-13-21(14-12-20)27-16-15-18(2)9-10-19-7-5-4-6-8-19;;/h4-8,11-15,22H,3,16-17H2,1-2H3,(H,24,25);;1H2/q;+1;/p-1/t22-;;/m0../s1. The number of aliphatic carboxylic acids is 1. The SMILES string of the molecule is CCO[C@@H](Cc1ccc(OCC=C(C)C#Cc2ccccc2)cc1)C(=O)O.[Na+].[OH-]. The first-order valence-corrected chi connectivity index (χ1v) is 8.88. The molecule has 148 valence electrons. The summed E-state index contributed by atoms with van der Waals surface area (Å²) in [6.07, 6.45) is 1.44. The Morgan fingerprint density at radius 3 is 2.38 bits per heavy atom. The smallest absolute Gasteiger partial charge is 0.870 e. The van der Waals surface area contributed by atoms with E-state index in [0.717, 1.165) is 22.4 Å². The van der Waals surface area contributed by atoms with Gasteiger partial charge in [-0.3, -0.25) is 0 Å². The number of carboxylic acids is 1. The number of carboxylic acid groups (broad SMARTS) is 1. The number of hydrogen-bond donors (Lipinski definition) is 1. The van der Waals surface area contributed by atoms with Gasteiger partial charge in [-0.2, -0.15) is 0 Å². The molecule has 0 unspecified atom stereocenters. The second kappa shape index (κ2) is 14.9. The summed E-state index contributed by atoms with van der Waals surface area (Å²) in [5.41, 5.74) is 2.81. The number of hydrogen-bond acceptors (Lipinski definition) is 4. The Morgan fingerprint density at radius 1 is 1.14 bits per heavy atom. The molecule has 0 aliphatic carbocycles. The van der Waals surface area contributed by atoms with Crippen LogP contribution in [0, 0.1) is 11.8 Å². The Balaban J connectivity index is 0.00000392. The minimum Gasteiger partial charge on any atom is -0.870 e. The molecule has 0 amide bonds. The first kappa shape index (κ1) is 26.9. The van der Waals surface area contributed by atoms with E-state index in [9.17, 15) is 4.79 Å². The van der Waals surface area contributed by atoms with Crippen LogP contribution in [0.25, 0.3) is 0 Å². The molecule has 0 aliphatic heterocycles. The van der Waals surface area contributed by atoms with Gasteiger partial charge in [0.2, 0.25) is 0 Å². The fourth-order valence-corrected chi connectivity index (χ4v) is 2.36. The van der Waals surface area contributed by atoms with E-state index in [4.69, 9.17) is 14.6 Å². The van der Waals surface area contributed by atoms with Gasteiger partial charge >= 0.3 is 35.5 Å². The molecule has 2 aromatic carbocycles. The molecule has 2 aromatic rings. The summed E-state index contributed by atoms with van der Waals surface area (Å²) in [6.45, 7) is 4.52. The zero-order valence-electron chi connectivity index (χ0n) is 17.1. The van der Waals surface area contributed by atoms with Gasteiger partial charge in [-0.05, 0) is 55.3 Å². The van der Waals surface area contributed by atoms with E-state index < -0.39 is 12.1 Å². The Kier molecular flexibility index (Phi) is 13.8. The zero-order valence-corrected chi connectivity index (χ0v) is 19.1. The molecule has 0 radical (unpaired) electrons. The van der Waals surface area contributed by atoms with Gasteiger partial charge in [0, 0.05) is 18.6 Å². The van der Waals surface area contributed by atoms with Gasteiger partial charge < -0.3 is 20.1 Å². The van der Waals surface area contributed by atoms with Crippen molar-refractivity contribution in [1.82, 2.24) is 0 Å². The third kappa shape index (κ3) is 10.3. The van der Waals surface area contributed by atoms with Gasteiger partial charge in [0.25, 0.3) is 0 Å². The molecule has 0 aliphatic rings. The molecule has 0 heterocycles. The van der Waals surface area contributed by atoms with Crippen LogP contribution in [0.15, 0.2) is 66.2 Å². The van der Waals surface area contributed by atoms with Crippen molar-refractivity contribution in [3.05, 3.63) is 77.4 Å². The summed E-state index contributed by atoms with van der Waals surface area (Å²) in [4.78, 5) is 11.1. The molecule has 29 heavy (non-hydrogen) atoms. The number of benzene rings is 2. The number of rotatable bonds is 8. The third-order valence-corrected chi connectivity index (χ3v) is 3.81. The van der Waals surface area contributed by atoms with Crippen LogP contribution in [-0.4, -0.2) is 35.9 Å². The molecule has 0 aromatic heterocycles. The summed E-state index contributed by atoms with van der Waals surface area (Å²) in [7, 11) is 0. The Hall–Kier alpha value is -2.07. The number of allylic oxidation sites excluding steroid dienone is 1. The van der Waals surface area contributed by atoms with Gasteiger partial charge in [0.15, 0.2) is 6.10 Å². The van der Waals surface area contributed by atoms with Crippen LogP contribution < -0.4 is 34.3 Å². The first-order valence-electron chi connectivity index (χ1n) is 8.88. The predicted octanol–water partition coefficient (Wildman–Crippen LogP) is 0.923. The van der Waals surface area contributed by atoms with E-state index in [2.05, 4.69) is 11.8 Å². The van der Waals surface area contributed by atoms with Crippen molar-refractivity contribution in [3.63, 3.8) is 0 Å². The van der Waals surface area contributed by atoms with E-state index in [-0.39, 0.29) is 35.0 Å². The first-order chi connectivity index (χ1) is 13.1. The third-order valence-electron chi connectivity index (χ3n) is 3.81. The summed E-state index contributed by atoms with van der Waals surface area (Å²) in [5.74, 6) is 5.98. The number of carbonyl (C=O) groups is 1. The van der Waals surface area contributed by atoms with E-state index in [1.54, 1.807) is 6.92 Å². The van der Waals surface area contributed by atoms with Crippen molar-refractivity contribution in [2.45, 2.75) is 26.4 Å². The molecule has 2 N–H and O–H groups in total. The molecule has 2 rings (SSSR count). The van der Waals surface area contributed by atoms with E-state index >= 15 is 0 Å². The monoisotopic (exact) mass is 404 g/mol. The summed E-state index contributed by atoms with van der Waals surface area (Å²) in [6, 6.07) is 17.2. The molecule has 0 spiro atoms.